The van der Waals surface area contributed by atoms with E-state index in [4.69, 9.17) is 15.2 Å². The number of rotatable bonds is 4. The molecule has 26 heavy (non-hydrogen) atoms. The highest BCUT2D eigenvalue weighted by atomic mass is 16.6. The van der Waals surface area contributed by atoms with Gasteiger partial charge in [0.2, 0.25) is 0 Å². The molecule has 1 fully saturated rings. The number of carbonyl (C=O) groups is 1. The molecule has 1 saturated heterocycles. The number of aliphatic hydroxyl groups is 1. The van der Waals surface area contributed by atoms with E-state index < -0.39 is 48.3 Å². The Balaban J connectivity index is 1.87. The number of aromatic amines is 1. The van der Waals surface area contributed by atoms with Crippen molar-refractivity contribution in [2.75, 3.05) is 6.61 Å². The van der Waals surface area contributed by atoms with E-state index in [9.17, 15) is 19.5 Å². The summed E-state index contributed by atoms with van der Waals surface area (Å²) in [5.41, 5.74) is 5.56. The van der Waals surface area contributed by atoms with Gasteiger partial charge in [0, 0.05) is 11.8 Å². The standard InChI is InChI=1S/C17H19N3O6/c1-9-7-20(17(24)19-14(9)22)15-12(18)13(11(8-21)25-15)26-16(23)10-5-3-2-4-6-10/h2-7,11-13,15,21H,8,18H2,1H3,(H,19,22,24). The number of hydrogen-bond donors (Lipinski definition) is 3. The van der Waals surface area contributed by atoms with Gasteiger partial charge in [-0.1, -0.05) is 18.2 Å². The molecule has 0 bridgehead atoms. The van der Waals surface area contributed by atoms with Gasteiger partial charge in [0.05, 0.1) is 18.2 Å². The van der Waals surface area contributed by atoms with Crippen molar-refractivity contribution in [2.24, 2.45) is 5.73 Å². The zero-order valence-corrected chi connectivity index (χ0v) is 14.0. The van der Waals surface area contributed by atoms with Gasteiger partial charge in [-0.3, -0.25) is 14.3 Å². The largest absolute Gasteiger partial charge is 0.454 e. The zero-order valence-electron chi connectivity index (χ0n) is 14.0. The fraction of sp³-hybridized carbons (Fsp3) is 0.353. The van der Waals surface area contributed by atoms with Crippen molar-refractivity contribution < 1.29 is 19.4 Å². The molecule has 0 aliphatic carbocycles. The topological polar surface area (TPSA) is 137 Å². The van der Waals surface area contributed by atoms with Crippen LogP contribution in [0.2, 0.25) is 0 Å². The van der Waals surface area contributed by atoms with E-state index in [1.54, 1.807) is 30.3 Å². The van der Waals surface area contributed by atoms with Crippen molar-refractivity contribution in [1.82, 2.24) is 9.55 Å². The number of aliphatic hydroxyl groups excluding tert-OH is 1. The molecule has 4 unspecified atom stereocenters. The summed E-state index contributed by atoms with van der Waals surface area (Å²) < 4.78 is 12.2. The lowest BCUT2D eigenvalue weighted by Gasteiger charge is -2.21. The second-order valence-corrected chi connectivity index (χ2v) is 6.04. The van der Waals surface area contributed by atoms with Gasteiger partial charge in [-0.25, -0.2) is 9.59 Å². The van der Waals surface area contributed by atoms with Crippen LogP contribution in [0, 0.1) is 6.92 Å². The number of nitrogens with one attached hydrogen (secondary N) is 1. The quantitative estimate of drug-likeness (QED) is 0.612. The number of nitrogens with zero attached hydrogens (tertiary/aromatic N) is 1. The van der Waals surface area contributed by atoms with E-state index in [-0.39, 0.29) is 0 Å². The van der Waals surface area contributed by atoms with Crippen LogP contribution >= 0.6 is 0 Å². The second kappa shape index (κ2) is 7.24. The van der Waals surface area contributed by atoms with Crippen LogP contribution in [-0.4, -0.2) is 45.5 Å². The molecule has 0 saturated carbocycles. The highest BCUT2D eigenvalue weighted by Gasteiger charge is 2.46. The van der Waals surface area contributed by atoms with Crippen molar-refractivity contribution in [3.63, 3.8) is 0 Å². The van der Waals surface area contributed by atoms with Crippen molar-refractivity contribution in [2.45, 2.75) is 31.4 Å². The van der Waals surface area contributed by atoms with Crippen molar-refractivity contribution in [1.29, 1.82) is 0 Å². The number of aromatic nitrogens is 2. The van der Waals surface area contributed by atoms with Crippen LogP contribution in [0.1, 0.15) is 22.1 Å². The molecule has 138 valence electrons. The Morgan fingerprint density at radius 3 is 2.69 bits per heavy atom. The molecule has 4 atom stereocenters. The molecule has 9 nitrogen and oxygen atoms in total. The predicted octanol–water partition coefficient (Wildman–Crippen LogP) is -0.712. The number of carbonyl (C=O) groups excluding carboxylic acids is 1. The summed E-state index contributed by atoms with van der Waals surface area (Å²) in [5, 5.41) is 9.55. The maximum Gasteiger partial charge on any atom is 0.338 e. The zero-order chi connectivity index (χ0) is 18.8. The summed E-state index contributed by atoms with van der Waals surface area (Å²) in [6.07, 6.45) is -1.54. The Morgan fingerprint density at radius 1 is 1.35 bits per heavy atom. The molecule has 3 rings (SSSR count). The van der Waals surface area contributed by atoms with Gasteiger partial charge in [-0.05, 0) is 19.1 Å². The summed E-state index contributed by atoms with van der Waals surface area (Å²) in [6.45, 7) is 1.08. The molecular weight excluding hydrogens is 342 g/mol. The third kappa shape index (κ3) is 3.32. The molecule has 2 aromatic rings. The number of hydrogen-bond acceptors (Lipinski definition) is 7. The molecule has 1 aromatic carbocycles. The maximum absolute atomic E-state index is 12.3. The second-order valence-electron chi connectivity index (χ2n) is 6.04. The first kappa shape index (κ1) is 18.1. The summed E-state index contributed by atoms with van der Waals surface area (Å²) in [7, 11) is 0. The van der Waals surface area contributed by atoms with E-state index >= 15 is 0 Å². The minimum Gasteiger partial charge on any atom is -0.454 e. The summed E-state index contributed by atoms with van der Waals surface area (Å²) in [6, 6.07) is 7.41. The third-order valence-corrected chi connectivity index (χ3v) is 4.24. The number of nitrogens with two attached hydrogens (primary N) is 1. The van der Waals surface area contributed by atoms with E-state index in [1.807, 2.05) is 0 Å². The van der Waals surface area contributed by atoms with E-state index in [1.165, 1.54) is 13.1 Å². The lowest BCUT2D eigenvalue weighted by Crippen LogP contribution is -2.45. The summed E-state index contributed by atoms with van der Waals surface area (Å²) in [4.78, 5) is 38.0. The number of ether oxygens (including phenoxy) is 2. The lowest BCUT2D eigenvalue weighted by molar-refractivity contribution is -0.0524. The van der Waals surface area contributed by atoms with Crippen LogP contribution in [0.3, 0.4) is 0 Å². The van der Waals surface area contributed by atoms with E-state index in [0.29, 0.717) is 11.1 Å². The maximum atomic E-state index is 12.3. The Hall–Kier alpha value is -2.75. The summed E-state index contributed by atoms with van der Waals surface area (Å²) >= 11 is 0. The SMILES string of the molecule is Cc1cn(C2OC(CO)C(OC(=O)c3ccccc3)C2N)c(=O)[nH]c1=O. The normalized spacial score (nSPS) is 25.2. The molecule has 0 amide bonds. The van der Waals surface area contributed by atoms with Gasteiger partial charge in [0.1, 0.15) is 12.2 Å². The average molecular weight is 361 g/mol. The highest BCUT2D eigenvalue weighted by molar-refractivity contribution is 5.89. The van der Waals surface area contributed by atoms with E-state index in [2.05, 4.69) is 4.98 Å². The third-order valence-electron chi connectivity index (χ3n) is 4.24. The van der Waals surface area contributed by atoms with E-state index in [0.717, 1.165) is 4.57 Å². The number of aryl methyl sites for hydroxylation is 1. The fourth-order valence-corrected chi connectivity index (χ4v) is 2.85. The monoisotopic (exact) mass is 361 g/mol. The van der Waals surface area contributed by atoms with Gasteiger partial charge in [0.25, 0.3) is 5.56 Å². The minimum absolute atomic E-state index is 0.297. The molecule has 1 aliphatic heterocycles. The van der Waals surface area contributed by atoms with Crippen LogP contribution < -0.4 is 17.0 Å². The first-order valence-electron chi connectivity index (χ1n) is 8.02. The molecule has 0 radical (unpaired) electrons. The van der Waals surface area contributed by atoms with Crippen LogP contribution in [0.5, 0.6) is 0 Å². The highest BCUT2D eigenvalue weighted by Crippen LogP contribution is 2.29. The lowest BCUT2D eigenvalue weighted by atomic mass is 10.1. The molecule has 4 N–H and O–H groups in total. The fourth-order valence-electron chi connectivity index (χ4n) is 2.85. The minimum atomic E-state index is -0.997. The van der Waals surface area contributed by atoms with Gasteiger partial charge in [-0.15, -0.1) is 0 Å². The smallest absolute Gasteiger partial charge is 0.338 e. The molecule has 1 aromatic heterocycles. The number of benzene rings is 1. The Kier molecular flexibility index (Phi) is 5.03. The van der Waals surface area contributed by atoms with Crippen molar-refractivity contribution in [3.05, 3.63) is 68.5 Å². The van der Waals surface area contributed by atoms with Gasteiger partial charge >= 0.3 is 11.7 Å². The molecule has 9 heteroatoms. The number of esters is 1. The Morgan fingerprint density at radius 2 is 2.04 bits per heavy atom. The first-order valence-corrected chi connectivity index (χ1v) is 8.02. The van der Waals surface area contributed by atoms with Gasteiger partial charge in [-0.2, -0.15) is 0 Å². The van der Waals surface area contributed by atoms with Gasteiger partial charge in [0.15, 0.2) is 6.23 Å². The number of H-pyrrole nitrogens is 1. The average Bonchev–Trinajstić information content (AvgIpc) is 2.94. The van der Waals surface area contributed by atoms with Crippen LogP contribution in [-0.2, 0) is 9.47 Å². The van der Waals surface area contributed by atoms with Crippen molar-refractivity contribution in [3.8, 4) is 0 Å². The molecule has 0 spiro atoms. The Labute approximate surface area is 148 Å². The van der Waals surface area contributed by atoms with Crippen LogP contribution in [0.4, 0.5) is 0 Å². The Bertz CT molecular complexity index is 907. The predicted molar refractivity (Wildman–Crippen MR) is 90.7 cm³/mol. The van der Waals surface area contributed by atoms with Crippen LogP contribution in [0.15, 0.2) is 46.1 Å². The molecule has 1 aliphatic rings. The molecular formula is C17H19N3O6. The summed E-state index contributed by atoms with van der Waals surface area (Å²) in [5.74, 6) is -0.612. The van der Waals surface area contributed by atoms with Crippen LogP contribution in [0.25, 0.3) is 0 Å². The molecule has 2 heterocycles. The van der Waals surface area contributed by atoms with Crippen molar-refractivity contribution >= 4 is 5.97 Å². The van der Waals surface area contributed by atoms with Gasteiger partial charge < -0.3 is 20.3 Å². The first-order chi connectivity index (χ1) is 12.4.